The molecule has 7 heteroatoms. The summed E-state index contributed by atoms with van der Waals surface area (Å²) in [5.41, 5.74) is 0.756. The second-order valence-electron chi connectivity index (χ2n) is 6.02. The number of ether oxygens (including phenoxy) is 1. The van der Waals surface area contributed by atoms with Crippen LogP contribution in [0.3, 0.4) is 0 Å². The van der Waals surface area contributed by atoms with Crippen LogP contribution in [0, 0.1) is 11.7 Å². The highest BCUT2D eigenvalue weighted by atomic mass is 19.1. The summed E-state index contributed by atoms with van der Waals surface area (Å²) in [6.07, 6.45) is 3.55. The Balaban J connectivity index is 1.43. The van der Waals surface area contributed by atoms with E-state index in [9.17, 15) is 4.39 Å². The minimum Gasteiger partial charge on any atom is -0.439 e. The first-order valence-electron chi connectivity index (χ1n) is 8.19. The maximum atomic E-state index is 12.9. The summed E-state index contributed by atoms with van der Waals surface area (Å²) in [7, 11) is 0. The third-order valence-electron chi connectivity index (χ3n) is 4.12. The smallest absolute Gasteiger partial charge is 0.227 e. The summed E-state index contributed by atoms with van der Waals surface area (Å²) in [6, 6.07) is 9.31. The predicted octanol–water partition coefficient (Wildman–Crippen LogP) is 3.22. The van der Waals surface area contributed by atoms with Gasteiger partial charge in [0, 0.05) is 24.2 Å². The van der Waals surface area contributed by atoms with Crippen molar-refractivity contribution < 1.29 is 13.7 Å². The molecule has 25 heavy (non-hydrogen) atoms. The number of nitrogens with one attached hydrogen (secondary N) is 1. The molecule has 3 aromatic rings. The molecule has 0 spiro atoms. The van der Waals surface area contributed by atoms with Gasteiger partial charge in [-0.25, -0.2) is 9.37 Å². The van der Waals surface area contributed by atoms with Crippen molar-refractivity contribution in [2.24, 2.45) is 5.92 Å². The number of hydrogen-bond donors (Lipinski definition) is 1. The van der Waals surface area contributed by atoms with Crippen LogP contribution in [0.25, 0.3) is 11.4 Å². The molecular weight excluding hydrogens is 323 g/mol. The van der Waals surface area contributed by atoms with Gasteiger partial charge in [-0.15, -0.1) is 0 Å². The summed E-state index contributed by atoms with van der Waals surface area (Å²) in [5, 5.41) is 7.35. The van der Waals surface area contributed by atoms with Gasteiger partial charge in [-0.2, -0.15) is 4.98 Å². The lowest BCUT2D eigenvalue weighted by molar-refractivity contribution is 0.358. The molecule has 1 aliphatic heterocycles. The molecule has 0 saturated carbocycles. The van der Waals surface area contributed by atoms with Gasteiger partial charge in [-0.1, -0.05) is 5.16 Å². The molecule has 0 amide bonds. The zero-order valence-electron chi connectivity index (χ0n) is 13.5. The van der Waals surface area contributed by atoms with Gasteiger partial charge in [-0.05, 0) is 55.8 Å². The molecule has 1 fully saturated rings. The molecule has 1 unspecified atom stereocenters. The molecular formula is C18H17FN4O2. The third kappa shape index (κ3) is 3.83. The van der Waals surface area contributed by atoms with E-state index in [1.807, 2.05) is 6.07 Å². The van der Waals surface area contributed by atoms with Gasteiger partial charge in [0.15, 0.2) is 0 Å². The Hall–Kier alpha value is -2.80. The van der Waals surface area contributed by atoms with Crippen molar-refractivity contribution in [1.29, 1.82) is 0 Å². The fourth-order valence-electron chi connectivity index (χ4n) is 2.79. The van der Waals surface area contributed by atoms with Gasteiger partial charge in [-0.3, -0.25) is 0 Å². The van der Waals surface area contributed by atoms with E-state index >= 15 is 0 Å². The second-order valence-corrected chi connectivity index (χ2v) is 6.02. The van der Waals surface area contributed by atoms with Crippen molar-refractivity contribution in [3.63, 3.8) is 0 Å². The summed E-state index contributed by atoms with van der Waals surface area (Å²) in [6.45, 7) is 2.04. The normalized spacial score (nSPS) is 16.9. The van der Waals surface area contributed by atoms with Crippen molar-refractivity contribution in [2.45, 2.75) is 12.8 Å². The fourth-order valence-corrected chi connectivity index (χ4v) is 2.79. The van der Waals surface area contributed by atoms with Crippen LogP contribution in [0.15, 0.2) is 47.1 Å². The lowest BCUT2D eigenvalue weighted by Crippen LogP contribution is -2.10. The van der Waals surface area contributed by atoms with E-state index < -0.39 is 0 Å². The summed E-state index contributed by atoms with van der Waals surface area (Å²) in [4.78, 5) is 8.68. The summed E-state index contributed by atoms with van der Waals surface area (Å²) >= 11 is 0. The monoisotopic (exact) mass is 340 g/mol. The Labute approximate surface area is 144 Å². The Morgan fingerprint density at radius 2 is 2.08 bits per heavy atom. The van der Waals surface area contributed by atoms with E-state index in [4.69, 9.17) is 9.26 Å². The standard InChI is InChI=1S/C18H17FN4O2/c19-14-2-4-15(5-3-14)24-16-6-1-13(11-21-16)18-22-17(25-23-18)9-12-7-8-20-10-12/h1-6,11-12,20H,7-10H2. The first kappa shape index (κ1) is 15.7. The molecule has 0 aliphatic carbocycles. The lowest BCUT2D eigenvalue weighted by Gasteiger charge is -2.04. The van der Waals surface area contributed by atoms with Gasteiger partial charge < -0.3 is 14.6 Å². The molecule has 1 aliphatic rings. The van der Waals surface area contributed by atoms with Crippen LogP contribution in [0.4, 0.5) is 4.39 Å². The maximum Gasteiger partial charge on any atom is 0.227 e. The van der Waals surface area contributed by atoms with E-state index in [1.54, 1.807) is 24.4 Å². The number of nitrogens with zero attached hydrogens (tertiary/aromatic N) is 3. The van der Waals surface area contributed by atoms with Crippen LogP contribution in [-0.4, -0.2) is 28.2 Å². The quantitative estimate of drug-likeness (QED) is 0.769. The van der Waals surface area contributed by atoms with Crippen molar-refractivity contribution in [3.8, 4) is 23.0 Å². The second kappa shape index (κ2) is 6.98. The van der Waals surface area contributed by atoms with Crippen LogP contribution in [-0.2, 0) is 6.42 Å². The molecule has 0 radical (unpaired) electrons. The SMILES string of the molecule is Fc1ccc(Oc2ccc(-c3noc(CC4CCNC4)n3)cn2)cc1. The van der Waals surface area contributed by atoms with Crippen LogP contribution in [0.2, 0.25) is 0 Å². The highest BCUT2D eigenvalue weighted by Crippen LogP contribution is 2.23. The topological polar surface area (TPSA) is 73.1 Å². The highest BCUT2D eigenvalue weighted by Gasteiger charge is 2.19. The van der Waals surface area contributed by atoms with Gasteiger partial charge in [0.05, 0.1) is 0 Å². The van der Waals surface area contributed by atoms with Crippen LogP contribution < -0.4 is 10.1 Å². The van der Waals surface area contributed by atoms with E-state index in [0.29, 0.717) is 29.3 Å². The number of hydrogen-bond acceptors (Lipinski definition) is 6. The first-order chi connectivity index (χ1) is 12.3. The van der Waals surface area contributed by atoms with Crippen molar-refractivity contribution in [1.82, 2.24) is 20.4 Å². The zero-order valence-corrected chi connectivity index (χ0v) is 13.5. The highest BCUT2D eigenvalue weighted by molar-refractivity contribution is 5.53. The molecule has 1 saturated heterocycles. The van der Waals surface area contributed by atoms with Gasteiger partial charge in [0.2, 0.25) is 17.6 Å². The molecule has 6 nitrogen and oxygen atoms in total. The average Bonchev–Trinajstić information content (AvgIpc) is 3.30. The van der Waals surface area contributed by atoms with Crippen molar-refractivity contribution >= 4 is 0 Å². The zero-order chi connectivity index (χ0) is 17.1. The molecule has 0 bridgehead atoms. The number of benzene rings is 1. The maximum absolute atomic E-state index is 12.9. The van der Waals surface area contributed by atoms with Crippen LogP contribution in [0.1, 0.15) is 12.3 Å². The summed E-state index contributed by atoms with van der Waals surface area (Å²) in [5.74, 6) is 2.34. The van der Waals surface area contributed by atoms with Gasteiger partial charge in [0.1, 0.15) is 11.6 Å². The Kier molecular flexibility index (Phi) is 4.39. The molecule has 3 heterocycles. The minimum atomic E-state index is -0.308. The Morgan fingerprint density at radius 1 is 1.20 bits per heavy atom. The fraction of sp³-hybridized carbons (Fsp3) is 0.278. The Bertz CT molecular complexity index is 827. The Morgan fingerprint density at radius 3 is 2.80 bits per heavy atom. The largest absolute Gasteiger partial charge is 0.439 e. The number of halogens is 1. The minimum absolute atomic E-state index is 0.308. The molecule has 2 aromatic heterocycles. The first-order valence-corrected chi connectivity index (χ1v) is 8.19. The molecule has 1 N–H and O–H groups in total. The van der Waals surface area contributed by atoms with Gasteiger partial charge >= 0.3 is 0 Å². The lowest BCUT2D eigenvalue weighted by atomic mass is 10.1. The van der Waals surface area contributed by atoms with E-state index in [0.717, 1.165) is 31.5 Å². The number of pyridine rings is 1. The van der Waals surface area contributed by atoms with Crippen molar-refractivity contribution in [3.05, 3.63) is 54.3 Å². The third-order valence-corrected chi connectivity index (χ3v) is 4.12. The van der Waals surface area contributed by atoms with E-state index in [-0.39, 0.29) is 5.82 Å². The van der Waals surface area contributed by atoms with E-state index in [2.05, 4.69) is 20.4 Å². The number of aromatic nitrogens is 3. The summed E-state index contributed by atoms with van der Waals surface area (Å²) < 4.78 is 23.8. The van der Waals surface area contributed by atoms with Crippen LogP contribution >= 0.6 is 0 Å². The van der Waals surface area contributed by atoms with Crippen LogP contribution in [0.5, 0.6) is 11.6 Å². The average molecular weight is 340 g/mol. The van der Waals surface area contributed by atoms with Gasteiger partial charge in [0.25, 0.3) is 0 Å². The molecule has 1 atom stereocenters. The van der Waals surface area contributed by atoms with E-state index in [1.165, 1.54) is 12.1 Å². The molecule has 1 aromatic carbocycles. The van der Waals surface area contributed by atoms with Crippen molar-refractivity contribution in [2.75, 3.05) is 13.1 Å². The number of rotatable bonds is 5. The molecule has 128 valence electrons. The predicted molar refractivity (Wildman–Crippen MR) is 88.7 cm³/mol. The molecule has 4 rings (SSSR count).